The molecule has 6 nitrogen and oxygen atoms in total. The first-order chi connectivity index (χ1) is 11.1. The molecule has 1 aliphatic carbocycles. The number of fused-ring (bicyclic) bond motifs is 1. The van der Waals surface area contributed by atoms with Crippen LogP contribution in [0, 0.1) is 5.92 Å². The van der Waals surface area contributed by atoms with E-state index in [-0.39, 0.29) is 11.9 Å². The lowest BCUT2D eigenvalue weighted by molar-refractivity contribution is -0.122. The number of hydrogen-bond acceptors (Lipinski definition) is 5. The number of piperidine rings is 1. The Hall–Kier alpha value is -2.41. The maximum atomic E-state index is 13.1. The van der Waals surface area contributed by atoms with Gasteiger partial charge in [-0.05, 0) is 24.8 Å². The third-order valence-electron chi connectivity index (χ3n) is 4.62. The van der Waals surface area contributed by atoms with Gasteiger partial charge in [0.2, 0.25) is 5.91 Å². The molecule has 1 aromatic heterocycles. The highest BCUT2D eigenvalue weighted by atomic mass is 32.1. The summed E-state index contributed by atoms with van der Waals surface area (Å²) in [5.74, 6) is -0.166. The minimum absolute atomic E-state index is 0.147. The van der Waals surface area contributed by atoms with Crippen molar-refractivity contribution in [3.05, 3.63) is 35.2 Å². The van der Waals surface area contributed by atoms with Crippen molar-refractivity contribution in [2.24, 2.45) is 11.7 Å². The van der Waals surface area contributed by atoms with E-state index >= 15 is 0 Å². The maximum absolute atomic E-state index is 13.1. The fraction of sp³-hybridized carbons (Fsp3) is 0.312. The number of carbonyl (C=O) groups is 2. The Morgan fingerprint density at radius 2 is 2.04 bits per heavy atom. The van der Waals surface area contributed by atoms with Crippen LogP contribution in [0.2, 0.25) is 0 Å². The molecule has 4 N–H and O–H groups in total. The van der Waals surface area contributed by atoms with Crippen molar-refractivity contribution in [3.8, 4) is 11.3 Å². The second kappa shape index (κ2) is 5.06. The van der Waals surface area contributed by atoms with Crippen molar-refractivity contribution < 1.29 is 9.59 Å². The summed E-state index contributed by atoms with van der Waals surface area (Å²) in [6.07, 6.45) is 1.64. The molecule has 1 aromatic carbocycles. The first kappa shape index (κ1) is 14.2. The van der Waals surface area contributed by atoms with E-state index in [0.717, 1.165) is 12.0 Å². The zero-order valence-corrected chi connectivity index (χ0v) is 13.1. The Morgan fingerprint density at radius 1 is 1.26 bits per heavy atom. The van der Waals surface area contributed by atoms with E-state index in [0.29, 0.717) is 28.7 Å². The molecule has 0 bridgehead atoms. The van der Waals surface area contributed by atoms with E-state index < -0.39 is 11.9 Å². The molecule has 2 aliphatic rings. The van der Waals surface area contributed by atoms with Gasteiger partial charge in [0, 0.05) is 22.5 Å². The lowest BCUT2D eigenvalue weighted by atomic mass is 10.0. The molecule has 2 amide bonds. The second-order valence-electron chi connectivity index (χ2n) is 6.05. The Labute approximate surface area is 137 Å². The number of nitrogens with zero attached hydrogens (tertiary/aromatic N) is 2. The number of rotatable bonds is 3. The summed E-state index contributed by atoms with van der Waals surface area (Å²) in [6.45, 7) is 0. The Kier molecular flexibility index (Phi) is 3.12. The van der Waals surface area contributed by atoms with E-state index in [4.69, 9.17) is 11.5 Å². The largest absolute Gasteiger partial charge is 0.375 e. The zero-order chi connectivity index (χ0) is 16.1. The van der Waals surface area contributed by atoms with Gasteiger partial charge in [0.25, 0.3) is 5.91 Å². The lowest BCUT2D eigenvalue weighted by Crippen LogP contribution is -2.46. The average Bonchev–Trinajstić information content (AvgIpc) is 2.99. The minimum Gasteiger partial charge on any atom is -0.375 e. The molecular formula is C16H16N4O2S. The van der Waals surface area contributed by atoms with Gasteiger partial charge in [-0.1, -0.05) is 18.2 Å². The summed E-state index contributed by atoms with van der Waals surface area (Å²) in [5, 5.41) is 2.29. The zero-order valence-electron chi connectivity index (χ0n) is 12.3. The number of benzene rings is 1. The van der Waals surface area contributed by atoms with Gasteiger partial charge in [-0.3, -0.25) is 9.59 Å². The molecule has 0 radical (unpaired) electrons. The van der Waals surface area contributed by atoms with Crippen molar-refractivity contribution >= 4 is 28.3 Å². The molecule has 4 rings (SSSR count). The van der Waals surface area contributed by atoms with Crippen LogP contribution in [0.15, 0.2) is 29.6 Å². The highest BCUT2D eigenvalue weighted by Gasteiger charge is 2.55. The molecule has 0 spiro atoms. The van der Waals surface area contributed by atoms with Gasteiger partial charge < -0.3 is 16.4 Å². The second-order valence-corrected chi connectivity index (χ2v) is 6.94. The number of hydrogen-bond donors (Lipinski definition) is 2. The number of nitrogens with two attached hydrogens (primary N) is 2. The van der Waals surface area contributed by atoms with Crippen LogP contribution in [-0.4, -0.2) is 33.8 Å². The molecule has 1 saturated heterocycles. The van der Waals surface area contributed by atoms with Crippen molar-refractivity contribution in [1.82, 2.24) is 9.88 Å². The van der Waals surface area contributed by atoms with Crippen molar-refractivity contribution in [2.45, 2.75) is 24.9 Å². The van der Waals surface area contributed by atoms with E-state index in [9.17, 15) is 9.59 Å². The molecule has 1 saturated carbocycles. The molecule has 7 heteroatoms. The van der Waals surface area contributed by atoms with Crippen LogP contribution in [-0.2, 0) is 4.79 Å². The molecule has 2 fully saturated rings. The average molecular weight is 328 g/mol. The molecule has 2 heterocycles. The number of thiazole rings is 1. The number of amides is 2. The number of nitrogen functional groups attached to an aromatic ring is 1. The molecular weight excluding hydrogens is 312 g/mol. The van der Waals surface area contributed by atoms with Gasteiger partial charge in [0.1, 0.15) is 6.04 Å². The van der Waals surface area contributed by atoms with Crippen molar-refractivity contribution in [1.29, 1.82) is 0 Å². The fourth-order valence-electron chi connectivity index (χ4n) is 3.45. The normalized spacial score (nSPS) is 25.2. The van der Waals surface area contributed by atoms with Crippen LogP contribution in [0.1, 0.15) is 23.2 Å². The Morgan fingerprint density at radius 3 is 2.74 bits per heavy atom. The minimum atomic E-state index is -0.500. The predicted octanol–water partition coefficient (Wildman–Crippen LogP) is 1.48. The van der Waals surface area contributed by atoms with Crippen molar-refractivity contribution in [2.75, 3.05) is 5.73 Å². The molecule has 3 atom stereocenters. The Bertz CT molecular complexity index is 803. The molecule has 2 aromatic rings. The van der Waals surface area contributed by atoms with Gasteiger partial charge in [0.05, 0.1) is 5.69 Å². The number of primary amides is 1. The van der Waals surface area contributed by atoms with E-state index in [1.54, 1.807) is 11.0 Å². The number of carbonyl (C=O) groups excluding carboxylic acids is 2. The van der Waals surface area contributed by atoms with Crippen LogP contribution in [0.4, 0.5) is 5.13 Å². The predicted molar refractivity (Wildman–Crippen MR) is 87.6 cm³/mol. The van der Waals surface area contributed by atoms with Crippen molar-refractivity contribution in [3.63, 3.8) is 0 Å². The van der Waals surface area contributed by atoms with Gasteiger partial charge >= 0.3 is 0 Å². The van der Waals surface area contributed by atoms with Crippen LogP contribution in [0.25, 0.3) is 11.3 Å². The summed E-state index contributed by atoms with van der Waals surface area (Å²) >= 11 is 1.33. The topological polar surface area (TPSA) is 102 Å². The van der Waals surface area contributed by atoms with E-state index in [1.165, 1.54) is 11.3 Å². The summed E-state index contributed by atoms with van der Waals surface area (Å²) in [5.41, 5.74) is 13.1. The smallest absolute Gasteiger partial charge is 0.255 e. The van der Waals surface area contributed by atoms with Gasteiger partial charge in [-0.25, -0.2) is 4.98 Å². The number of anilines is 1. The van der Waals surface area contributed by atoms with Gasteiger partial charge in [-0.15, -0.1) is 11.3 Å². The highest BCUT2D eigenvalue weighted by Crippen LogP contribution is 2.48. The third kappa shape index (κ3) is 2.28. The molecule has 0 unspecified atom stereocenters. The molecule has 118 valence electrons. The van der Waals surface area contributed by atoms with Gasteiger partial charge in [-0.2, -0.15) is 0 Å². The molecule has 1 aliphatic heterocycles. The van der Waals surface area contributed by atoms with E-state index in [2.05, 4.69) is 4.98 Å². The Balaban J connectivity index is 1.73. The maximum Gasteiger partial charge on any atom is 0.255 e. The van der Waals surface area contributed by atoms with E-state index in [1.807, 2.05) is 23.6 Å². The fourth-order valence-corrected chi connectivity index (χ4v) is 4.01. The standard InChI is InChI=1S/C16H16N4O2S/c17-14(21)13-6-8-5-12(8)20(13)15(22)10-4-2-1-3-9(10)11-7-23-16(18)19-11/h1-4,7-8,12-13H,5-6H2,(H2,17,21)(H2,18,19)/t8-,12+,13+/m1/s1. The third-order valence-corrected chi connectivity index (χ3v) is 5.30. The number of aromatic nitrogens is 1. The first-order valence-corrected chi connectivity index (χ1v) is 8.36. The van der Waals surface area contributed by atoms with Crippen LogP contribution < -0.4 is 11.5 Å². The summed E-state index contributed by atoms with van der Waals surface area (Å²) in [6, 6.07) is 6.93. The highest BCUT2D eigenvalue weighted by molar-refractivity contribution is 7.13. The summed E-state index contributed by atoms with van der Waals surface area (Å²) < 4.78 is 0. The summed E-state index contributed by atoms with van der Waals surface area (Å²) in [7, 11) is 0. The number of likely N-dealkylation sites (tertiary alicyclic amines) is 1. The van der Waals surface area contributed by atoms with Crippen LogP contribution in [0.5, 0.6) is 0 Å². The first-order valence-electron chi connectivity index (χ1n) is 7.48. The summed E-state index contributed by atoms with van der Waals surface area (Å²) in [4.78, 5) is 30.7. The van der Waals surface area contributed by atoms with Gasteiger partial charge in [0.15, 0.2) is 5.13 Å². The monoisotopic (exact) mass is 328 g/mol. The molecule has 23 heavy (non-hydrogen) atoms. The lowest BCUT2D eigenvalue weighted by Gasteiger charge is -2.26. The van der Waals surface area contributed by atoms with Crippen LogP contribution in [0.3, 0.4) is 0 Å². The quantitative estimate of drug-likeness (QED) is 0.891. The SMILES string of the molecule is NC(=O)[C@@H]1C[C@H]2C[C@@H]2N1C(=O)c1ccccc1-c1csc(N)n1. The van der Waals surface area contributed by atoms with Crippen LogP contribution >= 0.6 is 11.3 Å².